The van der Waals surface area contributed by atoms with E-state index in [1.165, 1.54) is 11.0 Å². The highest BCUT2D eigenvalue weighted by atomic mass is 19.4. The van der Waals surface area contributed by atoms with E-state index in [1.807, 2.05) is 5.43 Å². The van der Waals surface area contributed by atoms with Gasteiger partial charge in [-0.1, -0.05) is 0 Å². The molecule has 1 aromatic rings. The summed E-state index contributed by atoms with van der Waals surface area (Å²) in [4.78, 5) is 13.3. The highest BCUT2D eigenvalue weighted by molar-refractivity contribution is 5.95. The summed E-state index contributed by atoms with van der Waals surface area (Å²) in [5.41, 5.74) is 0.532. The van der Waals surface area contributed by atoms with Crippen LogP contribution in [0, 0.1) is 0 Å². The normalized spacial score (nSPS) is 11.3. The van der Waals surface area contributed by atoms with Crippen molar-refractivity contribution in [3.63, 3.8) is 0 Å². The second-order valence-electron chi connectivity index (χ2n) is 4.01. The van der Waals surface area contributed by atoms with Crippen LogP contribution in [0.3, 0.4) is 0 Å². The number of carbonyl (C=O) groups is 1. The second-order valence-corrected chi connectivity index (χ2v) is 4.01. The van der Waals surface area contributed by atoms with Gasteiger partial charge in [-0.25, -0.2) is 0 Å². The molecule has 0 saturated carbocycles. The maximum atomic E-state index is 12.8. The van der Waals surface area contributed by atoms with E-state index in [-0.39, 0.29) is 30.9 Å². The number of alkyl halides is 3. The Morgan fingerprint density at radius 1 is 1.45 bits per heavy atom. The van der Waals surface area contributed by atoms with Crippen molar-refractivity contribution in [3.8, 4) is 0 Å². The number of nitrogens with zero attached hydrogens (tertiary/aromatic N) is 1. The number of nitrogens with one attached hydrogen (secondary N) is 1. The van der Waals surface area contributed by atoms with Crippen LogP contribution >= 0.6 is 0 Å². The predicted molar refractivity (Wildman–Crippen MR) is 67.9 cm³/mol. The summed E-state index contributed by atoms with van der Waals surface area (Å²) in [5.74, 6) is 4.46. The van der Waals surface area contributed by atoms with E-state index in [2.05, 4.69) is 0 Å². The van der Waals surface area contributed by atoms with Crippen molar-refractivity contribution < 1.29 is 23.1 Å². The van der Waals surface area contributed by atoms with Crippen LogP contribution in [0.4, 0.5) is 18.9 Å². The summed E-state index contributed by atoms with van der Waals surface area (Å²) in [6.07, 6.45) is -4.62. The minimum Gasteiger partial charge on any atom is -0.395 e. The number of hydrogen-bond donors (Lipinski definition) is 3. The fourth-order valence-corrected chi connectivity index (χ4v) is 1.74. The monoisotopic (exact) mass is 291 g/mol. The number of nitrogens with two attached hydrogens (primary N) is 1. The molecular formula is C12H16F3N3O2. The first-order valence-electron chi connectivity index (χ1n) is 5.93. The summed E-state index contributed by atoms with van der Waals surface area (Å²) in [5, 5.41) is 8.83. The van der Waals surface area contributed by atoms with Crippen LogP contribution in [-0.4, -0.2) is 35.6 Å². The molecule has 0 aromatic heterocycles. The third kappa shape index (κ3) is 3.61. The summed E-state index contributed by atoms with van der Waals surface area (Å²) in [6.45, 7) is 1.77. The van der Waals surface area contributed by atoms with Crippen molar-refractivity contribution in [2.24, 2.45) is 5.84 Å². The van der Waals surface area contributed by atoms with Gasteiger partial charge in [0.15, 0.2) is 0 Å². The number of halogens is 3. The van der Waals surface area contributed by atoms with Crippen molar-refractivity contribution in [2.75, 3.05) is 25.1 Å². The van der Waals surface area contributed by atoms with Crippen molar-refractivity contribution in [1.82, 2.24) is 4.90 Å². The number of aliphatic hydroxyl groups excluding tert-OH is 1. The quantitative estimate of drug-likeness (QED) is 0.566. The minimum absolute atomic E-state index is 0.0631. The zero-order valence-electron chi connectivity index (χ0n) is 10.9. The van der Waals surface area contributed by atoms with E-state index < -0.39 is 17.6 Å². The molecule has 8 heteroatoms. The van der Waals surface area contributed by atoms with Crippen LogP contribution in [-0.2, 0) is 6.18 Å². The average Bonchev–Trinajstić information content (AvgIpc) is 2.42. The number of nitrogen functional groups attached to an aromatic ring is 1. The van der Waals surface area contributed by atoms with Gasteiger partial charge in [0.05, 0.1) is 17.9 Å². The van der Waals surface area contributed by atoms with Crippen molar-refractivity contribution in [2.45, 2.75) is 13.1 Å². The molecule has 4 N–H and O–H groups in total. The number of hydrogen-bond acceptors (Lipinski definition) is 4. The molecule has 0 heterocycles. The summed E-state index contributed by atoms with van der Waals surface area (Å²) in [6, 6.07) is 3.10. The molecule has 0 aliphatic carbocycles. The fourth-order valence-electron chi connectivity index (χ4n) is 1.74. The van der Waals surface area contributed by atoms with E-state index in [4.69, 9.17) is 10.9 Å². The van der Waals surface area contributed by atoms with Gasteiger partial charge < -0.3 is 15.4 Å². The predicted octanol–water partition coefficient (Wildman–Crippen LogP) is 1.45. The van der Waals surface area contributed by atoms with E-state index in [1.54, 1.807) is 6.92 Å². The van der Waals surface area contributed by atoms with Gasteiger partial charge in [-0.3, -0.25) is 10.6 Å². The maximum absolute atomic E-state index is 12.8. The van der Waals surface area contributed by atoms with Gasteiger partial charge in [0, 0.05) is 18.7 Å². The van der Waals surface area contributed by atoms with Gasteiger partial charge in [-0.05, 0) is 25.1 Å². The van der Waals surface area contributed by atoms with Crippen molar-refractivity contribution in [3.05, 3.63) is 29.3 Å². The highest BCUT2D eigenvalue weighted by Crippen LogP contribution is 2.35. The molecule has 0 bridgehead atoms. The van der Waals surface area contributed by atoms with Gasteiger partial charge in [-0.2, -0.15) is 13.2 Å². The van der Waals surface area contributed by atoms with Gasteiger partial charge in [0.2, 0.25) is 0 Å². The standard InChI is InChI=1S/C12H16F3N3O2/c1-2-18(5-6-19)11(20)8-3-4-10(17-16)9(7-8)12(13,14)15/h3-4,7,17,19H,2,5-6,16H2,1H3. The molecule has 0 aliphatic rings. The molecule has 0 fully saturated rings. The molecule has 0 unspecified atom stereocenters. The van der Waals surface area contributed by atoms with Crippen LogP contribution < -0.4 is 11.3 Å². The van der Waals surface area contributed by atoms with E-state index in [9.17, 15) is 18.0 Å². The summed E-state index contributed by atoms with van der Waals surface area (Å²) < 4.78 is 38.5. The zero-order chi connectivity index (χ0) is 15.3. The first-order chi connectivity index (χ1) is 9.35. The topological polar surface area (TPSA) is 78.6 Å². The van der Waals surface area contributed by atoms with E-state index >= 15 is 0 Å². The number of aliphatic hydroxyl groups is 1. The lowest BCUT2D eigenvalue weighted by molar-refractivity contribution is -0.137. The number of carbonyl (C=O) groups excluding carboxylic acids is 1. The summed E-state index contributed by atoms with van der Waals surface area (Å²) >= 11 is 0. The Morgan fingerprint density at radius 3 is 2.55 bits per heavy atom. The first kappa shape index (κ1) is 16.3. The minimum atomic E-state index is -4.62. The third-order valence-corrected chi connectivity index (χ3v) is 2.77. The molecule has 0 atom stereocenters. The number of amides is 1. The van der Waals surface area contributed by atoms with Gasteiger partial charge in [0.25, 0.3) is 5.91 Å². The highest BCUT2D eigenvalue weighted by Gasteiger charge is 2.34. The Hall–Kier alpha value is -1.80. The van der Waals surface area contributed by atoms with Crippen LogP contribution in [0.25, 0.3) is 0 Å². The van der Waals surface area contributed by atoms with E-state index in [0.29, 0.717) is 0 Å². The number of anilines is 1. The number of hydrazine groups is 1. The smallest absolute Gasteiger partial charge is 0.395 e. The molecule has 5 nitrogen and oxygen atoms in total. The number of likely N-dealkylation sites (N-methyl/N-ethyl adjacent to an activating group) is 1. The lowest BCUT2D eigenvalue weighted by Gasteiger charge is -2.21. The van der Waals surface area contributed by atoms with Crippen LogP contribution in [0.5, 0.6) is 0 Å². The van der Waals surface area contributed by atoms with E-state index in [0.717, 1.165) is 12.1 Å². The van der Waals surface area contributed by atoms with Crippen LogP contribution in [0.2, 0.25) is 0 Å². The molecule has 1 amide bonds. The molecule has 0 aliphatic heterocycles. The molecule has 0 spiro atoms. The summed E-state index contributed by atoms with van der Waals surface area (Å²) in [7, 11) is 0. The largest absolute Gasteiger partial charge is 0.418 e. The lowest BCUT2D eigenvalue weighted by atomic mass is 10.1. The second kappa shape index (κ2) is 6.58. The molecule has 1 rings (SSSR count). The van der Waals surface area contributed by atoms with Crippen LogP contribution in [0.1, 0.15) is 22.8 Å². The Balaban J connectivity index is 3.17. The fraction of sp³-hybridized carbons (Fsp3) is 0.417. The van der Waals surface area contributed by atoms with Crippen molar-refractivity contribution in [1.29, 1.82) is 0 Å². The first-order valence-corrected chi connectivity index (χ1v) is 5.93. The van der Waals surface area contributed by atoms with Crippen LogP contribution in [0.15, 0.2) is 18.2 Å². The molecule has 0 saturated heterocycles. The Kier molecular flexibility index (Phi) is 5.34. The van der Waals surface area contributed by atoms with Crippen molar-refractivity contribution >= 4 is 11.6 Å². The molecule has 1 aromatic carbocycles. The molecule has 20 heavy (non-hydrogen) atoms. The number of benzene rings is 1. The molecular weight excluding hydrogens is 275 g/mol. The number of rotatable bonds is 5. The van der Waals surface area contributed by atoms with Gasteiger partial charge in [-0.15, -0.1) is 0 Å². The third-order valence-electron chi connectivity index (χ3n) is 2.77. The SMILES string of the molecule is CCN(CCO)C(=O)c1ccc(NN)c(C(F)(F)F)c1. The Morgan fingerprint density at radius 2 is 2.10 bits per heavy atom. The zero-order valence-corrected chi connectivity index (χ0v) is 10.9. The maximum Gasteiger partial charge on any atom is 0.418 e. The molecule has 112 valence electrons. The van der Waals surface area contributed by atoms with Gasteiger partial charge in [0.1, 0.15) is 0 Å². The Bertz CT molecular complexity index is 478. The average molecular weight is 291 g/mol. The lowest BCUT2D eigenvalue weighted by Crippen LogP contribution is -2.33. The Labute approximate surface area is 114 Å². The molecule has 0 radical (unpaired) electrons. The van der Waals surface area contributed by atoms with Gasteiger partial charge >= 0.3 is 6.18 Å².